The lowest BCUT2D eigenvalue weighted by Crippen LogP contribution is -2.16. The highest BCUT2D eigenvalue weighted by atomic mass is 79.9. The van der Waals surface area contributed by atoms with Crippen LogP contribution in [-0.2, 0) is 17.9 Å². The number of amides is 1. The molecule has 0 aliphatic rings. The molecule has 0 bridgehead atoms. The van der Waals surface area contributed by atoms with Gasteiger partial charge in [0.15, 0.2) is 5.82 Å². The number of aromatic nitrogens is 4. The van der Waals surface area contributed by atoms with Gasteiger partial charge in [-0.15, -0.1) is 0 Å². The van der Waals surface area contributed by atoms with Gasteiger partial charge in [-0.1, -0.05) is 12.1 Å². The number of halogens is 3. The van der Waals surface area contributed by atoms with Crippen molar-refractivity contribution in [1.29, 1.82) is 0 Å². The number of hydrogen-bond donors (Lipinski definition) is 1. The SMILES string of the molecule is Cc1c(Br)cnn1CCC(=O)Nc1nn(Cc2ccc(F)cc2)cc1Br. The van der Waals surface area contributed by atoms with Gasteiger partial charge in [0.25, 0.3) is 0 Å². The van der Waals surface area contributed by atoms with Crippen molar-refractivity contribution in [2.75, 3.05) is 5.32 Å². The zero-order valence-electron chi connectivity index (χ0n) is 13.9. The molecule has 0 atom stereocenters. The van der Waals surface area contributed by atoms with E-state index in [4.69, 9.17) is 0 Å². The first-order chi connectivity index (χ1) is 12.4. The molecular weight excluding hydrogens is 469 g/mol. The Morgan fingerprint density at radius 2 is 1.96 bits per heavy atom. The van der Waals surface area contributed by atoms with Crippen molar-refractivity contribution in [2.45, 2.75) is 26.4 Å². The van der Waals surface area contributed by atoms with Crippen LogP contribution in [0.25, 0.3) is 0 Å². The number of aryl methyl sites for hydroxylation is 1. The molecule has 0 saturated heterocycles. The number of rotatable bonds is 6. The van der Waals surface area contributed by atoms with Crippen LogP contribution in [0.1, 0.15) is 17.7 Å². The predicted octanol–water partition coefficient (Wildman–Crippen LogP) is 4.13. The van der Waals surface area contributed by atoms with Gasteiger partial charge in [0.1, 0.15) is 5.82 Å². The number of benzene rings is 1. The Kier molecular flexibility index (Phi) is 5.87. The van der Waals surface area contributed by atoms with Crippen molar-refractivity contribution in [1.82, 2.24) is 19.6 Å². The third kappa shape index (κ3) is 4.59. The summed E-state index contributed by atoms with van der Waals surface area (Å²) >= 11 is 6.80. The maximum Gasteiger partial charge on any atom is 0.227 e. The van der Waals surface area contributed by atoms with Crippen LogP contribution in [0, 0.1) is 12.7 Å². The van der Waals surface area contributed by atoms with Gasteiger partial charge in [0.2, 0.25) is 5.91 Å². The van der Waals surface area contributed by atoms with Gasteiger partial charge in [-0.25, -0.2) is 4.39 Å². The molecule has 2 heterocycles. The normalized spacial score (nSPS) is 10.9. The molecule has 0 unspecified atom stereocenters. The van der Waals surface area contributed by atoms with Gasteiger partial charge >= 0.3 is 0 Å². The zero-order valence-corrected chi connectivity index (χ0v) is 17.1. The minimum absolute atomic E-state index is 0.149. The topological polar surface area (TPSA) is 64.7 Å². The van der Waals surface area contributed by atoms with Crippen LogP contribution in [0.15, 0.2) is 45.6 Å². The lowest BCUT2D eigenvalue weighted by atomic mass is 10.2. The third-order valence-corrected chi connectivity index (χ3v) is 5.19. The highest BCUT2D eigenvalue weighted by molar-refractivity contribution is 9.10. The molecule has 2 aromatic heterocycles. The summed E-state index contributed by atoms with van der Waals surface area (Å²) in [4.78, 5) is 12.2. The molecule has 3 rings (SSSR count). The summed E-state index contributed by atoms with van der Waals surface area (Å²) in [5.74, 6) is 0.0297. The highest BCUT2D eigenvalue weighted by Crippen LogP contribution is 2.21. The van der Waals surface area contributed by atoms with Crippen LogP contribution < -0.4 is 5.32 Å². The lowest BCUT2D eigenvalue weighted by Gasteiger charge is -2.05. The van der Waals surface area contributed by atoms with E-state index in [1.165, 1.54) is 12.1 Å². The van der Waals surface area contributed by atoms with E-state index in [9.17, 15) is 9.18 Å². The van der Waals surface area contributed by atoms with Crippen molar-refractivity contribution in [3.8, 4) is 0 Å². The molecule has 1 amide bonds. The van der Waals surface area contributed by atoms with E-state index in [1.54, 1.807) is 33.9 Å². The second-order valence-corrected chi connectivity index (χ2v) is 7.46. The van der Waals surface area contributed by atoms with Crippen LogP contribution in [0.3, 0.4) is 0 Å². The van der Waals surface area contributed by atoms with E-state index in [0.29, 0.717) is 23.4 Å². The number of nitrogens with one attached hydrogen (secondary N) is 1. The Balaban J connectivity index is 1.59. The minimum atomic E-state index is -0.275. The summed E-state index contributed by atoms with van der Waals surface area (Å²) in [6.07, 6.45) is 3.76. The molecule has 0 fully saturated rings. The van der Waals surface area contributed by atoms with Crippen LogP contribution in [0.5, 0.6) is 0 Å². The second kappa shape index (κ2) is 8.13. The average molecular weight is 485 g/mol. The molecule has 9 heteroatoms. The molecule has 26 heavy (non-hydrogen) atoms. The Hall–Kier alpha value is -2.00. The first kappa shape index (κ1) is 18.8. The van der Waals surface area contributed by atoms with Crippen molar-refractivity contribution in [3.05, 3.63) is 62.7 Å². The molecular formula is C17H16Br2FN5O. The number of anilines is 1. The molecule has 0 aliphatic heterocycles. The first-order valence-corrected chi connectivity index (χ1v) is 9.46. The largest absolute Gasteiger partial charge is 0.308 e. The molecule has 0 radical (unpaired) electrons. The van der Waals surface area contributed by atoms with Crippen LogP contribution in [-0.4, -0.2) is 25.5 Å². The zero-order chi connectivity index (χ0) is 18.7. The Bertz CT molecular complexity index is 920. The molecule has 3 aromatic rings. The Morgan fingerprint density at radius 3 is 2.62 bits per heavy atom. The van der Waals surface area contributed by atoms with Gasteiger partial charge in [0, 0.05) is 18.3 Å². The Labute approximate surface area is 166 Å². The summed E-state index contributed by atoms with van der Waals surface area (Å²) in [5.41, 5.74) is 1.89. The third-order valence-electron chi connectivity index (χ3n) is 3.83. The van der Waals surface area contributed by atoms with Crippen molar-refractivity contribution < 1.29 is 9.18 Å². The molecule has 0 aliphatic carbocycles. The molecule has 6 nitrogen and oxygen atoms in total. The maximum atomic E-state index is 13.0. The maximum absolute atomic E-state index is 13.0. The smallest absolute Gasteiger partial charge is 0.227 e. The number of nitrogens with zero attached hydrogens (tertiary/aromatic N) is 4. The molecule has 1 aromatic carbocycles. The standard InChI is InChI=1S/C17H16Br2FN5O/c1-11-14(18)8-21-25(11)7-6-16(26)22-17-15(19)10-24(23-17)9-12-2-4-13(20)5-3-12/h2-5,8,10H,6-7,9H2,1H3,(H,22,23,26). The van der Waals surface area contributed by atoms with Crippen molar-refractivity contribution >= 4 is 43.6 Å². The fraction of sp³-hybridized carbons (Fsp3) is 0.235. The fourth-order valence-corrected chi connectivity index (χ4v) is 3.10. The van der Waals surface area contributed by atoms with E-state index >= 15 is 0 Å². The van der Waals surface area contributed by atoms with Crippen molar-refractivity contribution in [2.24, 2.45) is 0 Å². The van der Waals surface area contributed by atoms with E-state index in [0.717, 1.165) is 15.7 Å². The van der Waals surface area contributed by atoms with E-state index in [2.05, 4.69) is 47.4 Å². The van der Waals surface area contributed by atoms with Gasteiger partial charge in [-0.3, -0.25) is 14.2 Å². The predicted molar refractivity (Wildman–Crippen MR) is 103 cm³/mol. The average Bonchev–Trinajstić information content (AvgIpc) is 3.11. The Morgan fingerprint density at radius 1 is 1.23 bits per heavy atom. The van der Waals surface area contributed by atoms with Crippen LogP contribution in [0.2, 0.25) is 0 Å². The van der Waals surface area contributed by atoms with Crippen LogP contribution >= 0.6 is 31.9 Å². The number of carbonyl (C=O) groups excluding carboxylic acids is 1. The van der Waals surface area contributed by atoms with E-state index in [1.807, 2.05) is 6.92 Å². The lowest BCUT2D eigenvalue weighted by molar-refractivity contribution is -0.116. The number of hydrogen-bond acceptors (Lipinski definition) is 3. The molecule has 0 spiro atoms. The quantitative estimate of drug-likeness (QED) is 0.572. The monoisotopic (exact) mass is 483 g/mol. The molecule has 0 saturated carbocycles. The van der Waals surface area contributed by atoms with E-state index < -0.39 is 0 Å². The molecule has 136 valence electrons. The van der Waals surface area contributed by atoms with Gasteiger partial charge in [0.05, 0.1) is 28.2 Å². The van der Waals surface area contributed by atoms with Gasteiger partial charge in [-0.05, 0) is 56.5 Å². The summed E-state index contributed by atoms with van der Waals surface area (Å²) < 4.78 is 18.0. The summed E-state index contributed by atoms with van der Waals surface area (Å²) in [6.45, 7) is 2.90. The fourth-order valence-electron chi connectivity index (χ4n) is 2.39. The van der Waals surface area contributed by atoms with Gasteiger partial charge < -0.3 is 5.32 Å². The van der Waals surface area contributed by atoms with Crippen molar-refractivity contribution in [3.63, 3.8) is 0 Å². The summed E-state index contributed by atoms with van der Waals surface area (Å²) in [6, 6.07) is 6.22. The minimum Gasteiger partial charge on any atom is -0.308 e. The highest BCUT2D eigenvalue weighted by Gasteiger charge is 2.12. The van der Waals surface area contributed by atoms with Gasteiger partial charge in [-0.2, -0.15) is 10.2 Å². The molecule has 1 N–H and O–H groups in total. The first-order valence-electron chi connectivity index (χ1n) is 7.87. The summed E-state index contributed by atoms with van der Waals surface area (Å²) in [7, 11) is 0. The second-order valence-electron chi connectivity index (χ2n) is 5.75. The number of carbonyl (C=O) groups is 1. The summed E-state index contributed by atoms with van der Waals surface area (Å²) in [5, 5.41) is 11.4. The van der Waals surface area contributed by atoms with E-state index in [-0.39, 0.29) is 18.1 Å². The van der Waals surface area contributed by atoms with Crippen LogP contribution in [0.4, 0.5) is 10.2 Å².